The van der Waals surface area contributed by atoms with Gasteiger partial charge in [-0.2, -0.15) is 0 Å². The summed E-state index contributed by atoms with van der Waals surface area (Å²) in [5, 5.41) is 0. The van der Waals surface area contributed by atoms with Crippen molar-refractivity contribution in [1.82, 2.24) is 4.98 Å². The Morgan fingerprint density at radius 2 is 2.31 bits per heavy atom. The molecule has 0 fully saturated rings. The van der Waals surface area contributed by atoms with Crippen molar-refractivity contribution < 1.29 is 4.74 Å². The van der Waals surface area contributed by atoms with Crippen LogP contribution in [-0.4, -0.2) is 12.1 Å². The van der Waals surface area contributed by atoms with Crippen LogP contribution in [0, 0.1) is 12.8 Å². The van der Waals surface area contributed by atoms with E-state index < -0.39 is 0 Å². The Morgan fingerprint density at radius 1 is 1.62 bits per heavy atom. The van der Waals surface area contributed by atoms with Gasteiger partial charge in [0.1, 0.15) is 0 Å². The highest BCUT2D eigenvalue weighted by Crippen LogP contribution is 2.23. The molecular formula is C13H20N2O. The Balaban J connectivity index is 3.14. The van der Waals surface area contributed by atoms with Crippen molar-refractivity contribution in [3.05, 3.63) is 35.5 Å². The number of ether oxygens (including phenoxy) is 1. The second-order valence-electron chi connectivity index (χ2n) is 4.03. The maximum atomic E-state index is 5.75. The monoisotopic (exact) mass is 220 g/mol. The third-order valence-electron chi connectivity index (χ3n) is 2.65. The number of allylic oxidation sites excluding steroid dienone is 1. The predicted octanol–water partition coefficient (Wildman–Crippen LogP) is 2.22. The Labute approximate surface area is 97.3 Å². The summed E-state index contributed by atoms with van der Waals surface area (Å²) in [6.45, 7) is 8.35. The molecule has 2 N–H and O–H groups in total. The number of methoxy groups -OCH3 is 1. The van der Waals surface area contributed by atoms with Crippen LogP contribution in [0.25, 0.3) is 0 Å². The van der Waals surface area contributed by atoms with Crippen LogP contribution >= 0.6 is 0 Å². The molecule has 16 heavy (non-hydrogen) atoms. The van der Waals surface area contributed by atoms with Gasteiger partial charge in [-0.3, -0.25) is 0 Å². The van der Waals surface area contributed by atoms with Crippen LogP contribution in [0.5, 0.6) is 5.88 Å². The van der Waals surface area contributed by atoms with Crippen molar-refractivity contribution in [1.29, 1.82) is 0 Å². The number of nitrogens with zero attached hydrogens (tertiary/aromatic N) is 1. The fraction of sp³-hybridized carbons (Fsp3) is 0.462. The molecular weight excluding hydrogens is 200 g/mol. The van der Waals surface area contributed by atoms with Crippen LogP contribution < -0.4 is 10.5 Å². The molecule has 88 valence electrons. The molecule has 0 spiro atoms. The van der Waals surface area contributed by atoms with Gasteiger partial charge in [0, 0.05) is 17.8 Å². The van der Waals surface area contributed by atoms with E-state index in [1.165, 1.54) is 5.56 Å². The Morgan fingerprint density at radius 3 is 2.81 bits per heavy atom. The average Bonchev–Trinajstić information content (AvgIpc) is 2.28. The average molecular weight is 220 g/mol. The van der Waals surface area contributed by atoms with Crippen molar-refractivity contribution in [3.63, 3.8) is 0 Å². The molecule has 0 bridgehead atoms. The van der Waals surface area contributed by atoms with Crippen LogP contribution in [0.15, 0.2) is 18.7 Å². The van der Waals surface area contributed by atoms with Crippen LogP contribution in [-0.2, 0) is 13.0 Å². The summed E-state index contributed by atoms with van der Waals surface area (Å²) in [5.74, 6) is 1.07. The van der Waals surface area contributed by atoms with Gasteiger partial charge in [-0.05, 0) is 30.9 Å². The molecule has 0 radical (unpaired) electrons. The lowest BCUT2D eigenvalue weighted by atomic mass is 9.97. The van der Waals surface area contributed by atoms with Crippen LogP contribution in [0.2, 0.25) is 0 Å². The molecule has 1 unspecified atom stereocenters. The van der Waals surface area contributed by atoms with Gasteiger partial charge >= 0.3 is 0 Å². The minimum absolute atomic E-state index is 0.428. The third kappa shape index (κ3) is 2.83. The van der Waals surface area contributed by atoms with Crippen molar-refractivity contribution in [2.45, 2.75) is 26.8 Å². The lowest BCUT2D eigenvalue weighted by Crippen LogP contribution is -2.09. The van der Waals surface area contributed by atoms with E-state index in [1.807, 2.05) is 13.0 Å². The second-order valence-corrected chi connectivity index (χ2v) is 4.03. The number of rotatable bonds is 5. The number of nitrogens with two attached hydrogens (primary N) is 1. The van der Waals surface area contributed by atoms with Gasteiger partial charge in [0.25, 0.3) is 0 Å². The number of hydrogen-bond donors (Lipinski definition) is 1. The van der Waals surface area contributed by atoms with E-state index in [-0.39, 0.29) is 0 Å². The quantitative estimate of drug-likeness (QED) is 0.774. The predicted molar refractivity (Wildman–Crippen MR) is 66.5 cm³/mol. The molecule has 1 aromatic heterocycles. The van der Waals surface area contributed by atoms with Gasteiger partial charge < -0.3 is 10.5 Å². The first-order valence-electron chi connectivity index (χ1n) is 5.48. The zero-order valence-corrected chi connectivity index (χ0v) is 10.3. The molecule has 0 aromatic carbocycles. The Kier molecular flexibility index (Phi) is 4.50. The first kappa shape index (κ1) is 12.7. The van der Waals surface area contributed by atoms with E-state index in [9.17, 15) is 0 Å². The van der Waals surface area contributed by atoms with Gasteiger partial charge in [0.2, 0.25) is 5.88 Å². The summed E-state index contributed by atoms with van der Waals surface area (Å²) in [4.78, 5) is 4.33. The van der Waals surface area contributed by atoms with Crippen molar-refractivity contribution in [3.8, 4) is 5.88 Å². The number of hydrogen-bond acceptors (Lipinski definition) is 3. The van der Waals surface area contributed by atoms with Gasteiger partial charge in [0.05, 0.1) is 7.11 Å². The second kappa shape index (κ2) is 5.66. The minimum Gasteiger partial charge on any atom is -0.481 e. The molecule has 0 aliphatic carbocycles. The first-order chi connectivity index (χ1) is 7.62. The standard InChI is InChI=1S/C13H20N2O/c1-5-9(2)6-11-7-10(3)15-13(16-4)12(11)8-14/h5,7,9H,1,6,8,14H2,2-4H3. The topological polar surface area (TPSA) is 48.1 Å². The molecule has 1 heterocycles. The number of aromatic nitrogens is 1. The Hall–Kier alpha value is -1.35. The minimum atomic E-state index is 0.428. The van der Waals surface area contributed by atoms with Crippen LogP contribution in [0.4, 0.5) is 0 Å². The summed E-state index contributed by atoms with van der Waals surface area (Å²) in [6, 6.07) is 2.07. The normalized spacial score (nSPS) is 12.2. The van der Waals surface area contributed by atoms with Crippen molar-refractivity contribution in [2.24, 2.45) is 11.7 Å². The molecule has 3 heteroatoms. The van der Waals surface area contributed by atoms with E-state index in [0.29, 0.717) is 18.3 Å². The van der Waals surface area contributed by atoms with E-state index in [2.05, 4.69) is 24.6 Å². The Bertz CT molecular complexity index is 374. The van der Waals surface area contributed by atoms with Gasteiger partial charge in [0.15, 0.2) is 0 Å². The molecule has 0 aliphatic heterocycles. The zero-order chi connectivity index (χ0) is 12.1. The van der Waals surface area contributed by atoms with Crippen LogP contribution in [0.1, 0.15) is 23.7 Å². The van der Waals surface area contributed by atoms with Crippen LogP contribution in [0.3, 0.4) is 0 Å². The number of aryl methyl sites for hydroxylation is 1. The fourth-order valence-electron chi connectivity index (χ4n) is 1.74. The zero-order valence-electron chi connectivity index (χ0n) is 10.3. The molecule has 1 atom stereocenters. The molecule has 0 amide bonds. The molecule has 3 nitrogen and oxygen atoms in total. The SMILES string of the molecule is C=CC(C)Cc1cc(C)nc(OC)c1CN. The van der Waals surface area contributed by atoms with Gasteiger partial charge in [-0.25, -0.2) is 4.98 Å². The smallest absolute Gasteiger partial charge is 0.218 e. The molecule has 1 rings (SSSR count). The lowest BCUT2D eigenvalue weighted by molar-refractivity contribution is 0.390. The third-order valence-corrected chi connectivity index (χ3v) is 2.65. The maximum absolute atomic E-state index is 5.75. The van der Waals surface area contributed by atoms with E-state index >= 15 is 0 Å². The summed E-state index contributed by atoms with van der Waals surface area (Å²) >= 11 is 0. The van der Waals surface area contributed by atoms with Crippen molar-refractivity contribution in [2.75, 3.05) is 7.11 Å². The molecule has 0 saturated carbocycles. The molecule has 0 aliphatic rings. The van der Waals surface area contributed by atoms with E-state index in [1.54, 1.807) is 7.11 Å². The fourth-order valence-corrected chi connectivity index (χ4v) is 1.74. The lowest BCUT2D eigenvalue weighted by Gasteiger charge is -2.14. The highest BCUT2D eigenvalue weighted by atomic mass is 16.5. The highest BCUT2D eigenvalue weighted by molar-refractivity contribution is 5.37. The first-order valence-corrected chi connectivity index (χ1v) is 5.48. The molecule has 1 aromatic rings. The summed E-state index contributed by atoms with van der Waals surface area (Å²) < 4.78 is 5.26. The van der Waals surface area contributed by atoms with E-state index in [0.717, 1.165) is 17.7 Å². The maximum Gasteiger partial charge on any atom is 0.218 e. The largest absolute Gasteiger partial charge is 0.481 e. The molecule has 0 saturated heterocycles. The highest BCUT2D eigenvalue weighted by Gasteiger charge is 2.12. The van der Waals surface area contributed by atoms with Gasteiger partial charge in [-0.15, -0.1) is 6.58 Å². The van der Waals surface area contributed by atoms with E-state index in [4.69, 9.17) is 10.5 Å². The summed E-state index contributed by atoms with van der Waals surface area (Å²) in [6.07, 6.45) is 2.87. The van der Waals surface area contributed by atoms with Gasteiger partial charge in [-0.1, -0.05) is 13.0 Å². The van der Waals surface area contributed by atoms with Crippen molar-refractivity contribution >= 4 is 0 Å². The number of pyridine rings is 1. The summed E-state index contributed by atoms with van der Waals surface area (Å²) in [7, 11) is 1.63. The summed E-state index contributed by atoms with van der Waals surface area (Å²) in [5.41, 5.74) is 8.92.